The highest BCUT2D eigenvalue weighted by Gasteiger charge is 2.18. The van der Waals surface area contributed by atoms with E-state index in [0.717, 1.165) is 5.56 Å². The Kier molecular flexibility index (Phi) is 4.02. The van der Waals surface area contributed by atoms with E-state index in [9.17, 15) is 4.79 Å². The number of nitrogens with zero attached hydrogens (tertiary/aromatic N) is 5. The first-order chi connectivity index (χ1) is 12.2. The molecule has 4 rings (SSSR count). The predicted molar refractivity (Wildman–Crippen MR) is 96.4 cm³/mol. The van der Waals surface area contributed by atoms with Crippen molar-refractivity contribution in [2.24, 2.45) is 0 Å². The normalized spacial score (nSPS) is 10.9. The quantitative estimate of drug-likeness (QED) is 0.575. The number of fused-ring (bicyclic) bond motifs is 1. The van der Waals surface area contributed by atoms with Crippen molar-refractivity contribution in [3.05, 3.63) is 76.9 Å². The second-order valence-corrected chi connectivity index (χ2v) is 6.20. The van der Waals surface area contributed by atoms with Crippen LogP contribution in [0, 0.1) is 0 Å². The highest BCUT2D eigenvalue weighted by molar-refractivity contribution is 9.10. The monoisotopic (exact) mass is 396 g/mol. The van der Waals surface area contributed by atoms with Gasteiger partial charge >= 0.3 is 0 Å². The van der Waals surface area contributed by atoms with E-state index in [-0.39, 0.29) is 11.6 Å². The molecule has 1 N–H and O–H groups in total. The molecule has 0 radical (unpaired) electrons. The molecule has 4 aromatic rings. The third-order valence-corrected chi connectivity index (χ3v) is 4.37. The van der Waals surface area contributed by atoms with Crippen LogP contribution in [0.5, 0.6) is 0 Å². The van der Waals surface area contributed by atoms with E-state index < -0.39 is 0 Å². The van der Waals surface area contributed by atoms with Gasteiger partial charge in [0.25, 0.3) is 5.91 Å². The van der Waals surface area contributed by atoms with Crippen LogP contribution in [0.1, 0.15) is 16.1 Å². The Morgan fingerprint density at radius 3 is 2.84 bits per heavy atom. The maximum atomic E-state index is 12.6. The van der Waals surface area contributed by atoms with Crippen LogP contribution < -0.4 is 5.32 Å². The Morgan fingerprint density at radius 2 is 2.04 bits per heavy atom. The zero-order chi connectivity index (χ0) is 17.2. The van der Waals surface area contributed by atoms with Gasteiger partial charge in [-0.15, -0.1) is 0 Å². The standard InChI is InChI=1S/C17H13BrN6O/c18-14-15(22-24-9-2-6-19-16(14)24)17(25)21-13-5-1-4-12(10-13)11-23-8-3-7-20-23/h1-10H,11H2,(H,21,25). The van der Waals surface area contributed by atoms with Gasteiger partial charge in [0.15, 0.2) is 11.3 Å². The second kappa shape index (κ2) is 6.48. The lowest BCUT2D eigenvalue weighted by atomic mass is 10.2. The van der Waals surface area contributed by atoms with Crippen LogP contribution in [-0.2, 0) is 6.54 Å². The van der Waals surface area contributed by atoms with Crippen molar-refractivity contribution < 1.29 is 4.79 Å². The van der Waals surface area contributed by atoms with E-state index in [1.54, 1.807) is 29.2 Å². The summed E-state index contributed by atoms with van der Waals surface area (Å²) >= 11 is 3.40. The number of aromatic nitrogens is 5. The Balaban J connectivity index is 1.57. The van der Waals surface area contributed by atoms with Gasteiger partial charge in [0.05, 0.1) is 11.0 Å². The molecule has 0 spiro atoms. The second-order valence-electron chi connectivity index (χ2n) is 5.41. The number of rotatable bonds is 4. The van der Waals surface area contributed by atoms with Gasteiger partial charge in [-0.1, -0.05) is 12.1 Å². The van der Waals surface area contributed by atoms with Gasteiger partial charge in [-0.25, -0.2) is 9.50 Å². The summed E-state index contributed by atoms with van der Waals surface area (Å²) in [6.45, 7) is 0.638. The van der Waals surface area contributed by atoms with Crippen molar-refractivity contribution >= 4 is 33.2 Å². The molecule has 1 amide bonds. The summed E-state index contributed by atoms with van der Waals surface area (Å²) < 4.78 is 3.96. The number of carbonyl (C=O) groups is 1. The predicted octanol–water partition coefficient (Wildman–Crippen LogP) is 2.99. The Bertz CT molecular complexity index is 1040. The molecule has 0 atom stereocenters. The summed E-state index contributed by atoms with van der Waals surface area (Å²) in [4.78, 5) is 16.8. The fourth-order valence-corrected chi connectivity index (χ4v) is 3.07. The molecule has 0 saturated heterocycles. The minimum absolute atomic E-state index is 0.288. The molecule has 0 aliphatic heterocycles. The zero-order valence-corrected chi connectivity index (χ0v) is 14.6. The topological polar surface area (TPSA) is 77.1 Å². The zero-order valence-electron chi connectivity index (χ0n) is 13.0. The largest absolute Gasteiger partial charge is 0.321 e. The number of benzene rings is 1. The van der Waals surface area contributed by atoms with Gasteiger partial charge in [-0.05, 0) is 45.8 Å². The summed E-state index contributed by atoms with van der Waals surface area (Å²) in [6.07, 6.45) is 7.03. The highest BCUT2D eigenvalue weighted by atomic mass is 79.9. The molecule has 0 unspecified atom stereocenters. The van der Waals surface area contributed by atoms with E-state index >= 15 is 0 Å². The van der Waals surface area contributed by atoms with Gasteiger partial charge in [0, 0.05) is 30.5 Å². The molecule has 0 saturated carbocycles. The molecular weight excluding hydrogens is 384 g/mol. The first kappa shape index (κ1) is 15.5. The van der Waals surface area contributed by atoms with E-state index in [1.165, 1.54) is 0 Å². The van der Waals surface area contributed by atoms with Gasteiger partial charge in [0.2, 0.25) is 0 Å². The Hall–Kier alpha value is -3.00. The van der Waals surface area contributed by atoms with E-state index in [1.807, 2.05) is 41.2 Å². The molecule has 124 valence electrons. The summed E-state index contributed by atoms with van der Waals surface area (Å²) in [5.74, 6) is -0.298. The van der Waals surface area contributed by atoms with Crippen LogP contribution in [0.25, 0.3) is 5.65 Å². The molecule has 0 aliphatic rings. The van der Waals surface area contributed by atoms with E-state index in [4.69, 9.17) is 0 Å². The van der Waals surface area contributed by atoms with Crippen molar-refractivity contribution in [2.75, 3.05) is 5.32 Å². The van der Waals surface area contributed by atoms with Crippen LogP contribution in [0.3, 0.4) is 0 Å². The van der Waals surface area contributed by atoms with Crippen molar-refractivity contribution in [3.8, 4) is 0 Å². The number of halogens is 1. The number of amides is 1. The molecule has 0 fully saturated rings. The molecular formula is C17H13BrN6O. The maximum absolute atomic E-state index is 12.6. The lowest BCUT2D eigenvalue weighted by Crippen LogP contribution is -2.13. The molecule has 8 heteroatoms. The van der Waals surface area contributed by atoms with Crippen molar-refractivity contribution in [3.63, 3.8) is 0 Å². The van der Waals surface area contributed by atoms with Crippen molar-refractivity contribution in [1.82, 2.24) is 24.4 Å². The van der Waals surface area contributed by atoms with Crippen molar-refractivity contribution in [2.45, 2.75) is 6.54 Å². The molecule has 1 aromatic carbocycles. The molecule has 0 bridgehead atoms. The first-order valence-corrected chi connectivity index (χ1v) is 8.36. The van der Waals surface area contributed by atoms with Gasteiger partial charge in [-0.3, -0.25) is 9.48 Å². The fraction of sp³-hybridized carbons (Fsp3) is 0.0588. The van der Waals surface area contributed by atoms with Crippen LogP contribution in [0.15, 0.2) is 65.7 Å². The van der Waals surface area contributed by atoms with Gasteiger partial charge < -0.3 is 5.32 Å². The van der Waals surface area contributed by atoms with Crippen LogP contribution in [0.2, 0.25) is 0 Å². The molecule has 7 nitrogen and oxygen atoms in total. The maximum Gasteiger partial charge on any atom is 0.277 e. The van der Waals surface area contributed by atoms with Crippen LogP contribution >= 0.6 is 15.9 Å². The molecule has 3 aromatic heterocycles. The minimum atomic E-state index is -0.298. The summed E-state index contributed by atoms with van der Waals surface area (Å²) in [5.41, 5.74) is 2.63. The molecule has 3 heterocycles. The number of anilines is 1. The van der Waals surface area contributed by atoms with Gasteiger partial charge in [-0.2, -0.15) is 10.2 Å². The Labute approximate surface area is 151 Å². The van der Waals surface area contributed by atoms with E-state index in [0.29, 0.717) is 22.4 Å². The summed E-state index contributed by atoms with van der Waals surface area (Å²) in [6, 6.07) is 11.3. The fourth-order valence-electron chi connectivity index (χ4n) is 2.52. The summed E-state index contributed by atoms with van der Waals surface area (Å²) in [5, 5.41) is 11.3. The third-order valence-electron chi connectivity index (χ3n) is 3.64. The van der Waals surface area contributed by atoms with Gasteiger partial charge in [0.1, 0.15) is 0 Å². The number of hydrogen-bond donors (Lipinski definition) is 1. The Morgan fingerprint density at radius 1 is 1.16 bits per heavy atom. The first-order valence-electron chi connectivity index (χ1n) is 7.57. The molecule has 0 aliphatic carbocycles. The smallest absolute Gasteiger partial charge is 0.277 e. The number of hydrogen-bond acceptors (Lipinski definition) is 4. The van der Waals surface area contributed by atoms with E-state index in [2.05, 4.69) is 36.4 Å². The third kappa shape index (κ3) is 3.16. The minimum Gasteiger partial charge on any atom is -0.321 e. The average Bonchev–Trinajstić information content (AvgIpc) is 3.24. The SMILES string of the molecule is O=C(Nc1cccc(Cn2cccn2)c1)c1nn2cccnc2c1Br. The number of carbonyl (C=O) groups excluding carboxylic acids is 1. The van der Waals surface area contributed by atoms with Crippen LogP contribution in [0.4, 0.5) is 5.69 Å². The highest BCUT2D eigenvalue weighted by Crippen LogP contribution is 2.22. The lowest BCUT2D eigenvalue weighted by molar-refractivity contribution is 0.102. The lowest BCUT2D eigenvalue weighted by Gasteiger charge is -2.07. The summed E-state index contributed by atoms with van der Waals surface area (Å²) in [7, 11) is 0. The number of nitrogens with one attached hydrogen (secondary N) is 1. The molecule has 25 heavy (non-hydrogen) atoms. The van der Waals surface area contributed by atoms with Crippen molar-refractivity contribution in [1.29, 1.82) is 0 Å². The average molecular weight is 397 g/mol. The van der Waals surface area contributed by atoms with Crippen LogP contribution in [-0.4, -0.2) is 30.3 Å².